The van der Waals surface area contributed by atoms with E-state index in [1.807, 2.05) is 47.3 Å². The Hall–Kier alpha value is -3.33. The Kier molecular flexibility index (Phi) is 3.82. The molecule has 0 atom stereocenters. The quantitative estimate of drug-likeness (QED) is 0.449. The van der Waals surface area contributed by atoms with Gasteiger partial charge in [0.05, 0.1) is 0 Å². The van der Waals surface area contributed by atoms with E-state index in [4.69, 9.17) is 5.73 Å². The molecule has 3 aromatic carbocycles. The smallest absolute Gasteiger partial charge is 0.139 e. The lowest BCUT2D eigenvalue weighted by molar-refractivity contribution is 0.461. The van der Waals surface area contributed by atoms with Crippen molar-refractivity contribution < 1.29 is 0 Å². The number of benzene rings is 3. The van der Waals surface area contributed by atoms with Crippen LogP contribution in [0.15, 0.2) is 103 Å². The summed E-state index contributed by atoms with van der Waals surface area (Å²) in [5.74, 6) is 0. The summed E-state index contributed by atoms with van der Waals surface area (Å²) in [6.45, 7) is 0. The maximum Gasteiger partial charge on any atom is 0.139 e. The Labute approximate surface area is 147 Å². The molecule has 4 aromatic rings. The van der Waals surface area contributed by atoms with Crippen molar-refractivity contribution in [2.45, 2.75) is 5.54 Å². The van der Waals surface area contributed by atoms with Gasteiger partial charge in [0.15, 0.2) is 0 Å². The fourth-order valence-corrected chi connectivity index (χ4v) is 3.52. The molecule has 0 saturated carbocycles. The Morgan fingerprint density at radius 2 is 1.24 bits per heavy atom. The second-order valence-electron chi connectivity index (χ2n) is 5.98. The summed E-state index contributed by atoms with van der Waals surface area (Å²) in [7, 11) is 0. The van der Waals surface area contributed by atoms with Crippen LogP contribution < -0.4 is 5.73 Å². The van der Waals surface area contributed by atoms with Crippen LogP contribution in [0.4, 0.5) is 5.69 Å². The van der Waals surface area contributed by atoms with E-state index in [2.05, 4.69) is 59.7 Å². The summed E-state index contributed by atoms with van der Waals surface area (Å²) >= 11 is 0. The molecule has 0 aliphatic carbocycles. The Morgan fingerprint density at radius 1 is 0.680 bits per heavy atom. The van der Waals surface area contributed by atoms with Crippen LogP contribution in [0.3, 0.4) is 0 Å². The van der Waals surface area contributed by atoms with Gasteiger partial charge in [0.25, 0.3) is 0 Å². The largest absolute Gasteiger partial charge is 0.398 e. The van der Waals surface area contributed by atoms with Gasteiger partial charge in [0.1, 0.15) is 5.54 Å². The molecule has 0 amide bonds. The van der Waals surface area contributed by atoms with E-state index in [1.54, 1.807) is 6.20 Å². The molecule has 0 fully saturated rings. The lowest BCUT2D eigenvalue weighted by Crippen LogP contribution is -2.38. The summed E-state index contributed by atoms with van der Waals surface area (Å²) in [6, 6.07) is 30.7. The number of nitrogen functional groups attached to an aromatic ring is 1. The molecule has 3 heteroatoms. The van der Waals surface area contributed by atoms with E-state index >= 15 is 0 Å². The van der Waals surface area contributed by atoms with Gasteiger partial charge in [0.2, 0.25) is 0 Å². The molecule has 0 aliphatic rings. The van der Waals surface area contributed by atoms with Gasteiger partial charge in [-0.1, -0.05) is 78.9 Å². The number of hydrogen-bond acceptors (Lipinski definition) is 2. The maximum absolute atomic E-state index is 6.45. The summed E-state index contributed by atoms with van der Waals surface area (Å²) < 4.78 is 1.99. The summed E-state index contributed by atoms with van der Waals surface area (Å²) in [5, 5.41) is 4.62. The van der Waals surface area contributed by atoms with Crippen LogP contribution in [0.5, 0.6) is 0 Å². The molecule has 0 bridgehead atoms. The second-order valence-corrected chi connectivity index (χ2v) is 5.98. The molecule has 0 spiro atoms. The average molecular weight is 325 g/mol. The molecule has 0 saturated heterocycles. The number of para-hydroxylation sites is 1. The highest BCUT2D eigenvalue weighted by Gasteiger charge is 2.40. The van der Waals surface area contributed by atoms with E-state index in [-0.39, 0.29) is 0 Å². The molecule has 122 valence electrons. The molecule has 3 nitrogen and oxygen atoms in total. The van der Waals surface area contributed by atoms with Crippen molar-refractivity contribution in [1.29, 1.82) is 0 Å². The van der Waals surface area contributed by atoms with E-state index < -0.39 is 5.54 Å². The number of rotatable bonds is 4. The van der Waals surface area contributed by atoms with Crippen LogP contribution in [0.2, 0.25) is 0 Å². The van der Waals surface area contributed by atoms with Crippen molar-refractivity contribution in [2.75, 3.05) is 5.73 Å². The Bertz CT molecular complexity index is 906. The van der Waals surface area contributed by atoms with Gasteiger partial charge in [-0.05, 0) is 23.3 Å². The number of aromatic nitrogens is 2. The average Bonchev–Trinajstić information content (AvgIpc) is 3.21. The number of hydrogen-bond donors (Lipinski definition) is 1. The highest BCUT2D eigenvalue weighted by atomic mass is 15.3. The predicted molar refractivity (Wildman–Crippen MR) is 101 cm³/mol. The fourth-order valence-electron chi connectivity index (χ4n) is 3.52. The Balaban J connectivity index is 2.15. The van der Waals surface area contributed by atoms with Crippen molar-refractivity contribution in [3.63, 3.8) is 0 Å². The van der Waals surface area contributed by atoms with Crippen molar-refractivity contribution in [3.05, 3.63) is 120 Å². The molecule has 1 aromatic heterocycles. The van der Waals surface area contributed by atoms with Gasteiger partial charge >= 0.3 is 0 Å². The van der Waals surface area contributed by atoms with Gasteiger partial charge in [-0.3, -0.25) is 4.68 Å². The van der Waals surface area contributed by atoms with Crippen LogP contribution in [-0.2, 0) is 5.54 Å². The number of nitrogens with zero attached hydrogens (tertiary/aromatic N) is 2. The molecule has 0 unspecified atom stereocenters. The lowest BCUT2D eigenvalue weighted by atomic mass is 9.76. The first-order valence-electron chi connectivity index (χ1n) is 8.29. The van der Waals surface area contributed by atoms with Crippen LogP contribution in [0.1, 0.15) is 16.7 Å². The monoisotopic (exact) mass is 325 g/mol. The van der Waals surface area contributed by atoms with Crippen LogP contribution in [0, 0.1) is 0 Å². The first-order chi connectivity index (χ1) is 12.3. The third-order valence-corrected chi connectivity index (χ3v) is 4.58. The minimum Gasteiger partial charge on any atom is -0.398 e. The van der Waals surface area contributed by atoms with E-state index in [0.29, 0.717) is 0 Å². The third-order valence-electron chi connectivity index (χ3n) is 4.58. The fraction of sp³-hybridized carbons (Fsp3) is 0.0455. The standard InChI is InChI=1S/C22H19N3/c23-21-15-8-7-14-20(21)22(25-17-9-16-24-25,18-10-3-1-4-11-18)19-12-5-2-6-13-19/h1-17H,23H2. The summed E-state index contributed by atoms with van der Waals surface area (Å²) in [4.78, 5) is 0. The zero-order valence-electron chi connectivity index (χ0n) is 13.8. The lowest BCUT2D eigenvalue weighted by Gasteiger charge is -2.37. The SMILES string of the molecule is Nc1ccccc1C(c1ccccc1)(c1ccccc1)n1cccn1. The Morgan fingerprint density at radius 3 is 1.76 bits per heavy atom. The molecule has 1 heterocycles. The highest BCUT2D eigenvalue weighted by Crippen LogP contribution is 2.42. The van der Waals surface area contributed by atoms with E-state index in [0.717, 1.165) is 22.4 Å². The normalized spacial score (nSPS) is 11.4. The predicted octanol–water partition coefficient (Wildman–Crippen LogP) is 4.31. The van der Waals surface area contributed by atoms with Gasteiger partial charge < -0.3 is 5.73 Å². The minimum absolute atomic E-state index is 0.628. The molecule has 0 radical (unpaired) electrons. The number of anilines is 1. The van der Waals surface area contributed by atoms with Crippen molar-refractivity contribution in [1.82, 2.24) is 9.78 Å². The van der Waals surface area contributed by atoms with Crippen molar-refractivity contribution in [3.8, 4) is 0 Å². The van der Waals surface area contributed by atoms with Gasteiger partial charge in [-0.25, -0.2) is 0 Å². The van der Waals surface area contributed by atoms with Gasteiger partial charge in [-0.15, -0.1) is 0 Å². The van der Waals surface area contributed by atoms with Gasteiger partial charge in [0, 0.05) is 23.6 Å². The molecule has 0 aliphatic heterocycles. The van der Waals surface area contributed by atoms with Crippen molar-refractivity contribution >= 4 is 5.69 Å². The molecular formula is C22H19N3. The molecule has 25 heavy (non-hydrogen) atoms. The molecule has 2 N–H and O–H groups in total. The zero-order valence-corrected chi connectivity index (χ0v) is 13.8. The molecule has 4 rings (SSSR count). The van der Waals surface area contributed by atoms with Crippen LogP contribution >= 0.6 is 0 Å². The third kappa shape index (κ3) is 2.41. The van der Waals surface area contributed by atoms with E-state index in [9.17, 15) is 0 Å². The minimum atomic E-state index is -0.628. The zero-order chi connectivity index (χ0) is 17.1. The highest BCUT2D eigenvalue weighted by molar-refractivity contribution is 5.60. The van der Waals surface area contributed by atoms with E-state index in [1.165, 1.54) is 0 Å². The van der Waals surface area contributed by atoms with Crippen molar-refractivity contribution in [2.24, 2.45) is 0 Å². The summed E-state index contributed by atoms with van der Waals surface area (Å²) in [6.07, 6.45) is 3.80. The number of nitrogens with two attached hydrogens (primary N) is 1. The van der Waals surface area contributed by atoms with Gasteiger partial charge in [-0.2, -0.15) is 5.10 Å². The second kappa shape index (κ2) is 6.29. The first-order valence-corrected chi connectivity index (χ1v) is 8.29. The molecular weight excluding hydrogens is 306 g/mol. The first kappa shape index (κ1) is 15.2. The summed E-state index contributed by atoms with van der Waals surface area (Å²) in [5.41, 5.74) is 9.80. The van der Waals surface area contributed by atoms with Crippen LogP contribution in [-0.4, -0.2) is 9.78 Å². The van der Waals surface area contributed by atoms with Crippen LogP contribution in [0.25, 0.3) is 0 Å². The maximum atomic E-state index is 6.45. The topological polar surface area (TPSA) is 43.8 Å².